The largest absolute Gasteiger partial charge is 0.494 e. The highest BCUT2D eigenvalue weighted by Crippen LogP contribution is 2.27. The Morgan fingerprint density at radius 3 is 2.44 bits per heavy atom. The van der Waals surface area contributed by atoms with Gasteiger partial charge in [0.15, 0.2) is 0 Å². The van der Waals surface area contributed by atoms with E-state index in [1.807, 2.05) is 30.3 Å². The zero-order valence-electron chi connectivity index (χ0n) is 16.3. The van der Waals surface area contributed by atoms with Crippen LogP contribution in [-0.2, 0) is 0 Å². The summed E-state index contributed by atoms with van der Waals surface area (Å²) in [4.78, 5) is 12.5. The Bertz CT molecular complexity index is 729. The zero-order chi connectivity index (χ0) is 19.6. The average Bonchev–Trinajstić information content (AvgIpc) is 2.64. The Hall–Kier alpha value is -2.01. The van der Waals surface area contributed by atoms with Crippen LogP contribution in [0.3, 0.4) is 0 Å². The van der Waals surface area contributed by atoms with Crippen molar-refractivity contribution in [2.24, 2.45) is 5.92 Å². The first kappa shape index (κ1) is 21.3. The van der Waals surface area contributed by atoms with Gasteiger partial charge in [-0.25, -0.2) is 0 Å². The quantitative estimate of drug-likeness (QED) is 0.446. The Morgan fingerprint density at radius 1 is 1.07 bits per heavy atom. The van der Waals surface area contributed by atoms with Crippen molar-refractivity contribution in [1.82, 2.24) is 0 Å². The molecule has 0 aliphatic rings. The van der Waals surface area contributed by atoms with Crippen molar-refractivity contribution in [3.8, 4) is 11.5 Å². The number of nitrogens with one attached hydrogen (secondary N) is 1. The maximum absolute atomic E-state index is 12.5. The van der Waals surface area contributed by atoms with Gasteiger partial charge in [0.1, 0.15) is 11.5 Å². The van der Waals surface area contributed by atoms with E-state index < -0.39 is 0 Å². The Morgan fingerprint density at radius 2 is 1.81 bits per heavy atom. The van der Waals surface area contributed by atoms with Gasteiger partial charge < -0.3 is 14.8 Å². The Labute approximate surface area is 170 Å². The van der Waals surface area contributed by atoms with Crippen LogP contribution in [0.25, 0.3) is 0 Å². The highest BCUT2D eigenvalue weighted by atomic mass is 79.9. The van der Waals surface area contributed by atoms with Crippen molar-refractivity contribution < 1.29 is 14.3 Å². The first-order valence-corrected chi connectivity index (χ1v) is 10.3. The summed E-state index contributed by atoms with van der Waals surface area (Å²) in [5, 5.41) is 2.90. The summed E-state index contributed by atoms with van der Waals surface area (Å²) in [6, 6.07) is 12.8. The molecule has 146 valence electrons. The molecule has 0 bridgehead atoms. The van der Waals surface area contributed by atoms with Crippen molar-refractivity contribution >= 4 is 27.5 Å². The molecule has 0 radical (unpaired) electrons. The molecule has 0 saturated carbocycles. The number of amides is 1. The molecule has 0 spiro atoms. The predicted molar refractivity (Wildman–Crippen MR) is 114 cm³/mol. The minimum absolute atomic E-state index is 0.163. The van der Waals surface area contributed by atoms with E-state index in [0.29, 0.717) is 24.7 Å². The molecule has 2 aromatic carbocycles. The lowest BCUT2D eigenvalue weighted by atomic mass is 10.1. The number of anilines is 1. The number of ether oxygens (including phenoxy) is 2. The monoisotopic (exact) mass is 433 g/mol. The number of carbonyl (C=O) groups excluding carboxylic acids is 1. The molecule has 0 aromatic heterocycles. The summed E-state index contributed by atoms with van der Waals surface area (Å²) in [5.41, 5.74) is 1.30. The highest BCUT2D eigenvalue weighted by molar-refractivity contribution is 9.10. The van der Waals surface area contributed by atoms with Gasteiger partial charge in [-0.05, 0) is 77.2 Å². The van der Waals surface area contributed by atoms with E-state index in [9.17, 15) is 4.79 Å². The second kappa shape index (κ2) is 11.0. The summed E-state index contributed by atoms with van der Waals surface area (Å²) in [7, 11) is 0. The van der Waals surface area contributed by atoms with Gasteiger partial charge in [0, 0.05) is 11.3 Å². The van der Waals surface area contributed by atoms with E-state index in [2.05, 4.69) is 42.0 Å². The molecule has 0 aliphatic carbocycles. The van der Waals surface area contributed by atoms with Crippen LogP contribution in [0.2, 0.25) is 0 Å². The molecule has 0 saturated heterocycles. The van der Waals surface area contributed by atoms with Crippen molar-refractivity contribution in [3.63, 3.8) is 0 Å². The summed E-state index contributed by atoms with van der Waals surface area (Å²) in [6.07, 6.45) is 3.11. The topological polar surface area (TPSA) is 47.6 Å². The molecule has 0 aliphatic heterocycles. The molecule has 4 nitrogen and oxygen atoms in total. The Balaban J connectivity index is 1.91. The van der Waals surface area contributed by atoms with E-state index >= 15 is 0 Å². The average molecular weight is 434 g/mol. The molecule has 2 rings (SSSR count). The van der Waals surface area contributed by atoms with Crippen LogP contribution in [0.5, 0.6) is 11.5 Å². The molecule has 5 heteroatoms. The zero-order valence-corrected chi connectivity index (χ0v) is 17.8. The number of carbonyl (C=O) groups is 1. The number of hydrogen-bond donors (Lipinski definition) is 1. The molecule has 0 heterocycles. The van der Waals surface area contributed by atoms with Crippen LogP contribution in [0.4, 0.5) is 5.69 Å². The fourth-order valence-electron chi connectivity index (χ4n) is 2.34. The molecule has 2 aromatic rings. The van der Waals surface area contributed by atoms with Gasteiger partial charge in [-0.2, -0.15) is 0 Å². The highest BCUT2D eigenvalue weighted by Gasteiger charge is 2.10. The van der Waals surface area contributed by atoms with Gasteiger partial charge in [-0.3, -0.25) is 4.79 Å². The van der Waals surface area contributed by atoms with E-state index in [4.69, 9.17) is 9.47 Å². The van der Waals surface area contributed by atoms with Gasteiger partial charge in [0.05, 0.1) is 17.7 Å². The smallest absolute Gasteiger partial charge is 0.255 e. The lowest BCUT2D eigenvalue weighted by Gasteiger charge is -2.11. The van der Waals surface area contributed by atoms with Gasteiger partial charge >= 0.3 is 0 Å². The predicted octanol–water partition coefficient (Wildman–Crippen LogP) is 6.31. The molecule has 0 atom stereocenters. The van der Waals surface area contributed by atoms with E-state index in [1.54, 1.807) is 12.1 Å². The molecule has 0 fully saturated rings. The molecule has 0 unspecified atom stereocenters. The minimum Gasteiger partial charge on any atom is -0.494 e. The third-order valence-electron chi connectivity index (χ3n) is 4.03. The third kappa shape index (κ3) is 7.25. The Kier molecular flexibility index (Phi) is 8.65. The van der Waals surface area contributed by atoms with Crippen LogP contribution < -0.4 is 14.8 Å². The van der Waals surface area contributed by atoms with Crippen LogP contribution in [-0.4, -0.2) is 19.1 Å². The number of unbranched alkanes of at least 4 members (excludes halogenated alkanes) is 1. The summed E-state index contributed by atoms with van der Waals surface area (Å²) < 4.78 is 12.2. The first-order valence-electron chi connectivity index (χ1n) is 9.46. The van der Waals surface area contributed by atoms with Gasteiger partial charge in [-0.15, -0.1) is 0 Å². The normalized spacial score (nSPS) is 10.7. The van der Waals surface area contributed by atoms with Crippen LogP contribution in [0, 0.1) is 5.92 Å². The number of benzene rings is 2. The van der Waals surface area contributed by atoms with Crippen LogP contribution in [0.15, 0.2) is 46.9 Å². The molecule has 27 heavy (non-hydrogen) atoms. The lowest BCUT2D eigenvalue weighted by Crippen LogP contribution is -2.12. The minimum atomic E-state index is -0.163. The second-order valence-corrected chi connectivity index (χ2v) is 7.71. The van der Waals surface area contributed by atoms with Crippen LogP contribution in [0.1, 0.15) is 50.4 Å². The summed E-state index contributed by atoms with van der Waals surface area (Å²) in [5.74, 6) is 2.02. The van der Waals surface area contributed by atoms with Crippen molar-refractivity contribution in [3.05, 3.63) is 52.5 Å². The number of hydrogen-bond acceptors (Lipinski definition) is 3. The third-order valence-corrected chi connectivity index (χ3v) is 4.65. The maximum atomic E-state index is 12.5. The van der Waals surface area contributed by atoms with Gasteiger partial charge in [0.25, 0.3) is 5.91 Å². The fourth-order valence-corrected chi connectivity index (χ4v) is 2.83. The molecule has 1 amide bonds. The molecular formula is C22H28BrNO3. The van der Waals surface area contributed by atoms with E-state index in [-0.39, 0.29) is 5.91 Å². The number of rotatable bonds is 10. The summed E-state index contributed by atoms with van der Waals surface area (Å²) in [6.45, 7) is 7.83. The maximum Gasteiger partial charge on any atom is 0.255 e. The van der Waals surface area contributed by atoms with Crippen molar-refractivity contribution in [1.29, 1.82) is 0 Å². The standard InChI is InChI=1S/C22H28BrNO3/c1-4-5-13-27-21-11-6-17(15-20(21)23)22(25)24-18-7-9-19(10-8-18)26-14-12-16(2)3/h6-11,15-16H,4-5,12-14H2,1-3H3,(H,24,25). The molecular weight excluding hydrogens is 406 g/mol. The second-order valence-electron chi connectivity index (χ2n) is 6.86. The van der Waals surface area contributed by atoms with Crippen LogP contribution >= 0.6 is 15.9 Å². The first-order chi connectivity index (χ1) is 13.0. The lowest BCUT2D eigenvalue weighted by molar-refractivity contribution is 0.102. The summed E-state index contributed by atoms with van der Waals surface area (Å²) >= 11 is 3.48. The van der Waals surface area contributed by atoms with Crippen molar-refractivity contribution in [2.75, 3.05) is 18.5 Å². The van der Waals surface area contributed by atoms with E-state index in [1.165, 1.54) is 0 Å². The van der Waals surface area contributed by atoms with E-state index in [0.717, 1.165) is 40.9 Å². The number of halogens is 1. The van der Waals surface area contributed by atoms with Crippen molar-refractivity contribution in [2.45, 2.75) is 40.0 Å². The van der Waals surface area contributed by atoms with Gasteiger partial charge in [-0.1, -0.05) is 27.2 Å². The SMILES string of the molecule is CCCCOc1ccc(C(=O)Nc2ccc(OCCC(C)C)cc2)cc1Br. The van der Waals surface area contributed by atoms with Gasteiger partial charge in [0.2, 0.25) is 0 Å². The fraction of sp³-hybridized carbons (Fsp3) is 0.409. The molecule has 1 N–H and O–H groups in total.